The van der Waals surface area contributed by atoms with Gasteiger partial charge in [-0.25, -0.2) is 13.4 Å². The number of aryl methyl sites for hydroxylation is 1. The summed E-state index contributed by atoms with van der Waals surface area (Å²) in [5, 5.41) is 5.16. The summed E-state index contributed by atoms with van der Waals surface area (Å²) in [5.74, 6) is -0.221. The summed E-state index contributed by atoms with van der Waals surface area (Å²) in [6.07, 6.45) is 2.04. The molecule has 0 spiro atoms. The lowest BCUT2D eigenvalue weighted by Crippen LogP contribution is -2.36. The van der Waals surface area contributed by atoms with E-state index in [0.29, 0.717) is 17.1 Å². The highest BCUT2D eigenvalue weighted by atomic mass is 32.2. The van der Waals surface area contributed by atoms with E-state index in [1.807, 2.05) is 12.3 Å². The number of amides is 1. The molecule has 126 valence electrons. The van der Waals surface area contributed by atoms with Gasteiger partial charge < -0.3 is 0 Å². The van der Waals surface area contributed by atoms with Gasteiger partial charge in [-0.2, -0.15) is 4.31 Å². The van der Waals surface area contributed by atoms with E-state index < -0.39 is 10.0 Å². The van der Waals surface area contributed by atoms with Gasteiger partial charge in [0.2, 0.25) is 10.0 Å². The molecule has 1 amide bonds. The van der Waals surface area contributed by atoms with E-state index in [1.54, 1.807) is 36.4 Å². The van der Waals surface area contributed by atoms with Gasteiger partial charge in [0.15, 0.2) is 5.13 Å². The summed E-state index contributed by atoms with van der Waals surface area (Å²) in [7, 11) is -3.52. The van der Waals surface area contributed by atoms with Crippen LogP contribution in [-0.2, 0) is 14.8 Å². The molecule has 0 saturated heterocycles. The Labute approximate surface area is 144 Å². The van der Waals surface area contributed by atoms with Crippen LogP contribution in [0.3, 0.4) is 0 Å². The van der Waals surface area contributed by atoms with Crippen molar-refractivity contribution in [3.63, 3.8) is 0 Å². The lowest BCUT2D eigenvalue weighted by atomic mass is 10.1. The zero-order valence-corrected chi connectivity index (χ0v) is 14.7. The molecule has 1 aromatic heterocycles. The fourth-order valence-electron chi connectivity index (χ4n) is 2.41. The van der Waals surface area contributed by atoms with Crippen LogP contribution in [-0.4, -0.2) is 36.7 Å². The zero-order chi connectivity index (χ0) is 17.2. The first-order valence-corrected chi connectivity index (χ1v) is 9.76. The normalized spacial score (nSPS) is 15.8. The maximum absolute atomic E-state index is 12.5. The predicted molar refractivity (Wildman–Crippen MR) is 93.4 cm³/mol. The maximum atomic E-state index is 12.5. The molecule has 0 unspecified atom stereocenters. The number of carbonyl (C=O) groups excluding carboxylic acids is 1. The lowest BCUT2D eigenvalue weighted by molar-refractivity contribution is -0.113. The third kappa shape index (κ3) is 3.55. The molecule has 0 saturated carbocycles. The second-order valence-corrected chi connectivity index (χ2v) is 8.20. The molecule has 24 heavy (non-hydrogen) atoms. The van der Waals surface area contributed by atoms with E-state index in [9.17, 15) is 13.2 Å². The van der Waals surface area contributed by atoms with Crippen molar-refractivity contribution < 1.29 is 13.2 Å². The zero-order valence-electron chi connectivity index (χ0n) is 13.1. The van der Waals surface area contributed by atoms with E-state index >= 15 is 0 Å². The van der Waals surface area contributed by atoms with Crippen molar-refractivity contribution in [3.05, 3.63) is 53.1 Å². The van der Waals surface area contributed by atoms with Crippen molar-refractivity contribution in [1.29, 1.82) is 0 Å². The van der Waals surface area contributed by atoms with Crippen LogP contribution in [0.4, 0.5) is 5.13 Å². The van der Waals surface area contributed by atoms with E-state index in [0.717, 1.165) is 5.69 Å². The van der Waals surface area contributed by atoms with Crippen LogP contribution in [0.15, 0.2) is 52.3 Å². The van der Waals surface area contributed by atoms with Crippen LogP contribution in [0, 0.1) is 6.92 Å². The van der Waals surface area contributed by atoms with Crippen molar-refractivity contribution in [1.82, 2.24) is 9.29 Å². The number of anilines is 1. The number of benzene rings is 1. The average Bonchev–Trinajstić information content (AvgIpc) is 3.00. The minimum absolute atomic E-state index is 0.191. The summed E-state index contributed by atoms with van der Waals surface area (Å²) >= 11 is 1.37. The molecule has 8 heteroatoms. The predicted octanol–water partition coefficient (Wildman–Crippen LogP) is 2.41. The van der Waals surface area contributed by atoms with Gasteiger partial charge >= 0.3 is 0 Å². The highest BCUT2D eigenvalue weighted by molar-refractivity contribution is 7.89. The SMILES string of the molecule is Cc1csc(NC(=O)C2=CCN(S(=O)(=O)c3ccccc3)CC2)n1. The molecule has 0 radical (unpaired) electrons. The van der Waals surface area contributed by atoms with Crippen molar-refractivity contribution in [3.8, 4) is 0 Å². The fraction of sp³-hybridized carbons (Fsp3) is 0.250. The van der Waals surface area contributed by atoms with Crippen molar-refractivity contribution in [2.24, 2.45) is 0 Å². The number of aromatic nitrogens is 1. The summed E-state index contributed by atoms with van der Waals surface area (Å²) in [4.78, 5) is 16.7. The first-order chi connectivity index (χ1) is 11.5. The van der Waals surface area contributed by atoms with E-state index in [1.165, 1.54) is 15.6 Å². The Balaban J connectivity index is 1.68. The smallest absolute Gasteiger partial charge is 0.253 e. The third-order valence-corrected chi connectivity index (χ3v) is 6.44. The van der Waals surface area contributed by atoms with Crippen LogP contribution in [0.5, 0.6) is 0 Å². The summed E-state index contributed by atoms with van der Waals surface area (Å²) < 4.78 is 26.5. The molecule has 1 N–H and O–H groups in total. The number of nitrogens with zero attached hydrogens (tertiary/aromatic N) is 2. The minimum Gasteiger partial charge on any atom is -0.298 e. The van der Waals surface area contributed by atoms with E-state index in [2.05, 4.69) is 10.3 Å². The average molecular weight is 363 g/mol. The van der Waals surface area contributed by atoms with Gasteiger partial charge in [0.1, 0.15) is 0 Å². The van der Waals surface area contributed by atoms with Gasteiger partial charge in [-0.3, -0.25) is 10.1 Å². The topological polar surface area (TPSA) is 79.4 Å². The molecule has 0 atom stereocenters. The number of rotatable bonds is 4. The number of thiazole rings is 1. The van der Waals surface area contributed by atoms with Crippen LogP contribution in [0.1, 0.15) is 12.1 Å². The Morgan fingerprint density at radius 1 is 1.29 bits per heavy atom. The van der Waals surface area contributed by atoms with E-state index in [4.69, 9.17) is 0 Å². The quantitative estimate of drug-likeness (QED) is 0.905. The largest absolute Gasteiger partial charge is 0.298 e. The van der Waals surface area contributed by atoms with Crippen LogP contribution in [0.2, 0.25) is 0 Å². The molecule has 6 nitrogen and oxygen atoms in total. The molecule has 1 aromatic carbocycles. The minimum atomic E-state index is -3.52. The van der Waals surface area contributed by atoms with Crippen molar-refractivity contribution >= 4 is 32.4 Å². The third-order valence-electron chi connectivity index (χ3n) is 3.68. The van der Waals surface area contributed by atoms with Crippen molar-refractivity contribution in [2.75, 3.05) is 18.4 Å². The maximum Gasteiger partial charge on any atom is 0.253 e. The lowest BCUT2D eigenvalue weighted by Gasteiger charge is -2.25. The van der Waals surface area contributed by atoms with Crippen LogP contribution in [0.25, 0.3) is 0 Å². The highest BCUT2D eigenvalue weighted by Gasteiger charge is 2.27. The Bertz CT molecular complexity index is 873. The molecule has 1 aliphatic rings. The van der Waals surface area contributed by atoms with Gasteiger partial charge in [0.25, 0.3) is 5.91 Å². The second kappa shape index (κ2) is 6.84. The molecule has 2 aromatic rings. The van der Waals surface area contributed by atoms with Crippen molar-refractivity contribution in [2.45, 2.75) is 18.2 Å². The van der Waals surface area contributed by atoms with Gasteiger partial charge in [0, 0.05) is 24.0 Å². The highest BCUT2D eigenvalue weighted by Crippen LogP contribution is 2.22. The molecular formula is C16H17N3O3S2. The van der Waals surface area contributed by atoms with Crippen LogP contribution < -0.4 is 5.32 Å². The summed E-state index contributed by atoms with van der Waals surface area (Å²) in [6, 6.07) is 8.32. The molecule has 1 aliphatic heterocycles. The van der Waals surface area contributed by atoms with E-state index in [-0.39, 0.29) is 23.9 Å². The molecule has 0 aliphatic carbocycles. The first kappa shape index (κ1) is 16.8. The first-order valence-electron chi connectivity index (χ1n) is 7.44. The van der Waals surface area contributed by atoms with Crippen LogP contribution >= 0.6 is 11.3 Å². The number of sulfonamides is 1. The molecule has 0 bridgehead atoms. The molecule has 3 rings (SSSR count). The Morgan fingerprint density at radius 2 is 2.04 bits per heavy atom. The summed E-state index contributed by atoms with van der Waals surface area (Å²) in [5.41, 5.74) is 1.44. The number of hydrogen-bond donors (Lipinski definition) is 1. The molecular weight excluding hydrogens is 346 g/mol. The number of carbonyl (C=O) groups is 1. The fourth-order valence-corrected chi connectivity index (χ4v) is 4.49. The Kier molecular flexibility index (Phi) is 4.79. The monoisotopic (exact) mass is 363 g/mol. The standard InChI is InChI=1S/C16H17N3O3S2/c1-12-11-23-16(17-12)18-15(20)13-7-9-19(10-8-13)24(21,22)14-5-3-2-4-6-14/h2-7,11H,8-10H2,1H3,(H,17,18,20). The molecule has 0 fully saturated rings. The molecule has 2 heterocycles. The summed E-state index contributed by atoms with van der Waals surface area (Å²) in [6.45, 7) is 2.34. The number of nitrogens with one attached hydrogen (secondary N) is 1. The van der Waals surface area contributed by atoms with Gasteiger partial charge in [-0.1, -0.05) is 24.3 Å². The second-order valence-electron chi connectivity index (χ2n) is 5.40. The van der Waals surface area contributed by atoms with Gasteiger partial charge in [0.05, 0.1) is 10.6 Å². The Hall–Kier alpha value is -2.03. The Morgan fingerprint density at radius 3 is 2.62 bits per heavy atom. The number of hydrogen-bond acceptors (Lipinski definition) is 5. The van der Waals surface area contributed by atoms with Gasteiger partial charge in [-0.05, 0) is 25.5 Å². The van der Waals surface area contributed by atoms with Gasteiger partial charge in [-0.15, -0.1) is 11.3 Å².